The monoisotopic (exact) mass is 348 g/mol. The van der Waals surface area contributed by atoms with Gasteiger partial charge in [-0.05, 0) is 29.8 Å². The molecule has 0 radical (unpaired) electrons. The van der Waals surface area contributed by atoms with Crippen molar-refractivity contribution in [3.63, 3.8) is 0 Å². The van der Waals surface area contributed by atoms with Gasteiger partial charge < -0.3 is 9.84 Å². The number of carbonyl (C=O) groups is 1. The van der Waals surface area contributed by atoms with Crippen LogP contribution in [0.4, 0.5) is 4.39 Å². The van der Waals surface area contributed by atoms with Crippen molar-refractivity contribution in [3.8, 4) is 5.75 Å². The quantitative estimate of drug-likeness (QED) is 0.839. The maximum Gasteiger partial charge on any atom is 0.339 e. The molecule has 0 atom stereocenters. The van der Waals surface area contributed by atoms with Crippen LogP contribution in [0.2, 0.25) is 15.1 Å². The predicted molar refractivity (Wildman–Crippen MR) is 79.2 cm³/mol. The summed E-state index contributed by atoms with van der Waals surface area (Å²) in [6.45, 7) is -0.0123. The molecule has 0 aromatic heterocycles. The first-order valence-electron chi connectivity index (χ1n) is 5.67. The van der Waals surface area contributed by atoms with E-state index in [-0.39, 0.29) is 33.0 Å². The van der Waals surface area contributed by atoms with E-state index in [1.54, 1.807) is 0 Å². The summed E-state index contributed by atoms with van der Waals surface area (Å²) in [5, 5.41) is 9.35. The van der Waals surface area contributed by atoms with Crippen LogP contribution in [-0.4, -0.2) is 11.1 Å². The summed E-state index contributed by atoms with van der Waals surface area (Å²) in [4.78, 5) is 11.2. The summed E-state index contributed by atoms with van der Waals surface area (Å²) >= 11 is 17.4. The van der Waals surface area contributed by atoms with E-state index in [0.717, 1.165) is 0 Å². The van der Waals surface area contributed by atoms with Crippen molar-refractivity contribution in [2.75, 3.05) is 0 Å². The summed E-state index contributed by atoms with van der Waals surface area (Å²) in [5.41, 5.74) is 0.421. The van der Waals surface area contributed by atoms with Gasteiger partial charge in [-0.1, -0.05) is 40.9 Å². The van der Waals surface area contributed by atoms with Crippen LogP contribution in [0.25, 0.3) is 0 Å². The van der Waals surface area contributed by atoms with Crippen molar-refractivity contribution in [2.24, 2.45) is 0 Å². The molecule has 0 aliphatic carbocycles. The smallest absolute Gasteiger partial charge is 0.339 e. The van der Waals surface area contributed by atoms with Gasteiger partial charge in [0.15, 0.2) is 5.75 Å². The zero-order valence-electron chi connectivity index (χ0n) is 10.4. The maximum atomic E-state index is 13.1. The van der Waals surface area contributed by atoms with Gasteiger partial charge in [-0.3, -0.25) is 0 Å². The standard InChI is InChI=1S/C14H8Cl3FO3/c15-8-4-9(14(19)20)13(11(17)5-8)21-6-7-1-2-12(18)10(16)3-7/h1-5H,6H2,(H,19,20). The number of benzene rings is 2. The highest BCUT2D eigenvalue weighted by Crippen LogP contribution is 2.33. The van der Waals surface area contributed by atoms with Crippen molar-refractivity contribution >= 4 is 40.8 Å². The molecule has 0 bridgehead atoms. The van der Waals surface area contributed by atoms with Crippen LogP contribution in [0.3, 0.4) is 0 Å². The number of rotatable bonds is 4. The highest BCUT2D eigenvalue weighted by molar-refractivity contribution is 6.36. The summed E-state index contributed by atoms with van der Waals surface area (Å²) in [6.07, 6.45) is 0. The van der Waals surface area contributed by atoms with Crippen molar-refractivity contribution in [1.82, 2.24) is 0 Å². The third kappa shape index (κ3) is 3.79. The lowest BCUT2D eigenvalue weighted by Crippen LogP contribution is -2.04. The molecular formula is C14H8Cl3FO3. The number of halogens is 4. The van der Waals surface area contributed by atoms with Crippen molar-refractivity contribution < 1.29 is 19.0 Å². The Morgan fingerprint density at radius 1 is 1.14 bits per heavy atom. The van der Waals surface area contributed by atoms with E-state index in [9.17, 15) is 9.18 Å². The van der Waals surface area contributed by atoms with E-state index >= 15 is 0 Å². The lowest BCUT2D eigenvalue weighted by atomic mass is 10.2. The number of aromatic carboxylic acids is 1. The number of hydrogen-bond acceptors (Lipinski definition) is 2. The predicted octanol–water partition coefficient (Wildman–Crippen LogP) is 5.06. The van der Waals surface area contributed by atoms with E-state index in [1.165, 1.54) is 30.3 Å². The van der Waals surface area contributed by atoms with Crippen LogP contribution in [0, 0.1) is 5.82 Å². The molecule has 0 saturated carbocycles. The van der Waals surface area contributed by atoms with Crippen molar-refractivity contribution in [2.45, 2.75) is 6.61 Å². The molecule has 7 heteroatoms. The van der Waals surface area contributed by atoms with Crippen LogP contribution in [0.1, 0.15) is 15.9 Å². The second-order valence-corrected chi connectivity index (χ2v) is 5.36. The molecule has 0 aliphatic heterocycles. The third-order valence-corrected chi connectivity index (χ3v) is 3.39. The van der Waals surface area contributed by atoms with Crippen LogP contribution < -0.4 is 4.74 Å². The molecule has 3 nitrogen and oxygen atoms in total. The number of hydrogen-bond donors (Lipinski definition) is 1. The van der Waals surface area contributed by atoms with Crippen LogP contribution in [0.15, 0.2) is 30.3 Å². The Kier molecular flexibility index (Phi) is 4.93. The third-order valence-electron chi connectivity index (χ3n) is 2.61. The van der Waals surface area contributed by atoms with Gasteiger partial charge in [0, 0.05) is 5.02 Å². The zero-order valence-corrected chi connectivity index (χ0v) is 12.6. The molecule has 0 unspecified atom stereocenters. The first-order chi connectivity index (χ1) is 9.88. The van der Waals surface area contributed by atoms with Crippen LogP contribution >= 0.6 is 34.8 Å². The molecule has 0 saturated heterocycles. The fourth-order valence-electron chi connectivity index (χ4n) is 1.65. The fourth-order valence-corrected chi connectivity index (χ4v) is 2.40. The average Bonchev–Trinajstić information content (AvgIpc) is 2.40. The van der Waals surface area contributed by atoms with Gasteiger partial charge in [0.25, 0.3) is 0 Å². The summed E-state index contributed by atoms with van der Waals surface area (Å²) < 4.78 is 18.5. The number of carboxylic acid groups (broad SMARTS) is 1. The Bertz CT molecular complexity index is 704. The van der Waals surface area contributed by atoms with Gasteiger partial charge in [-0.2, -0.15) is 0 Å². The van der Waals surface area contributed by atoms with Crippen molar-refractivity contribution in [1.29, 1.82) is 0 Å². The minimum atomic E-state index is -1.22. The van der Waals surface area contributed by atoms with E-state index in [2.05, 4.69) is 0 Å². The van der Waals surface area contributed by atoms with E-state index in [4.69, 9.17) is 44.6 Å². The lowest BCUT2D eigenvalue weighted by Gasteiger charge is -2.12. The summed E-state index contributed by atoms with van der Waals surface area (Å²) in [6, 6.07) is 6.68. The molecule has 0 heterocycles. The Labute approximate surface area is 134 Å². The van der Waals surface area contributed by atoms with Crippen LogP contribution in [0.5, 0.6) is 5.75 Å². The second kappa shape index (κ2) is 6.52. The minimum Gasteiger partial charge on any atom is -0.486 e. The maximum absolute atomic E-state index is 13.1. The first-order valence-corrected chi connectivity index (χ1v) is 6.81. The van der Waals surface area contributed by atoms with E-state index in [1.807, 2.05) is 0 Å². The van der Waals surface area contributed by atoms with E-state index < -0.39 is 11.8 Å². The Hall–Kier alpha value is -1.49. The summed E-state index contributed by atoms with van der Waals surface area (Å²) in [5.74, 6) is -1.77. The topological polar surface area (TPSA) is 46.5 Å². The Morgan fingerprint density at radius 2 is 1.86 bits per heavy atom. The molecule has 2 aromatic carbocycles. The van der Waals surface area contributed by atoms with Gasteiger partial charge in [0.05, 0.1) is 10.0 Å². The van der Waals surface area contributed by atoms with Crippen LogP contribution in [-0.2, 0) is 6.61 Å². The molecule has 110 valence electrons. The normalized spacial score (nSPS) is 10.5. The molecule has 2 rings (SSSR count). The molecule has 21 heavy (non-hydrogen) atoms. The summed E-state index contributed by atoms with van der Waals surface area (Å²) in [7, 11) is 0. The molecular weight excluding hydrogens is 342 g/mol. The number of ether oxygens (including phenoxy) is 1. The molecule has 2 aromatic rings. The second-order valence-electron chi connectivity index (χ2n) is 4.11. The van der Waals surface area contributed by atoms with Crippen molar-refractivity contribution in [3.05, 3.63) is 62.3 Å². The molecule has 0 fully saturated rings. The SMILES string of the molecule is O=C(O)c1cc(Cl)cc(Cl)c1OCc1ccc(F)c(Cl)c1. The van der Waals surface area contributed by atoms with Gasteiger partial charge in [-0.15, -0.1) is 0 Å². The number of carboxylic acids is 1. The van der Waals surface area contributed by atoms with Gasteiger partial charge >= 0.3 is 5.97 Å². The minimum absolute atomic E-state index is 0.00554. The van der Waals surface area contributed by atoms with Gasteiger partial charge in [0.2, 0.25) is 0 Å². The average molecular weight is 350 g/mol. The molecule has 0 amide bonds. The fraction of sp³-hybridized carbons (Fsp3) is 0.0714. The highest BCUT2D eigenvalue weighted by Gasteiger charge is 2.17. The zero-order chi connectivity index (χ0) is 15.6. The van der Waals surface area contributed by atoms with Gasteiger partial charge in [0.1, 0.15) is 18.0 Å². The van der Waals surface area contributed by atoms with Gasteiger partial charge in [-0.25, -0.2) is 9.18 Å². The highest BCUT2D eigenvalue weighted by atomic mass is 35.5. The van der Waals surface area contributed by atoms with E-state index in [0.29, 0.717) is 5.56 Å². The lowest BCUT2D eigenvalue weighted by molar-refractivity contribution is 0.0691. The molecule has 0 aliphatic rings. The molecule has 0 spiro atoms. The first kappa shape index (κ1) is 15.9. The molecule has 1 N–H and O–H groups in total. The Balaban J connectivity index is 2.27. The largest absolute Gasteiger partial charge is 0.486 e. The Morgan fingerprint density at radius 3 is 2.48 bits per heavy atom.